The Labute approximate surface area is 173 Å². The van der Waals surface area contributed by atoms with Gasteiger partial charge in [-0.1, -0.05) is 18.6 Å². The standard InChI is InChI=1S/C20H23N7O3/c1-4-14-17(30-12(2)28)9-8-15(23-14)18-16(27(3)26-25-18)10-29-20-22-11-21-19(24-20)13-6-5-7-13/h8-9,11,13H,4-7,10H2,1-3H3. The molecule has 0 unspecified atom stereocenters. The van der Waals surface area contributed by atoms with Crippen LogP contribution in [0.5, 0.6) is 11.8 Å². The fourth-order valence-corrected chi connectivity index (χ4v) is 3.22. The number of aryl methyl sites for hydroxylation is 2. The minimum Gasteiger partial charge on any atom is -0.457 e. The molecule has 0 bridgehead atoms. The zero-order valence-corrected chi connectivity index (χ0v) is 17.2. The van der Waals surface area contributed by atoms with Crippen LogP contribution in [-0.4, -0.2) is 40.9 Å². The largest absolute Gasteiger partial charge is 0.457 e. The molecule has 1 aliphatic rings. The summed E-state index contributed by atoms with van der Waals surface area (Å²) in [6, 6.07) is 3.76. The number of hydrogen-bond donors (Lipinski definition) is 0. The summed E-state index contributed by atoms with van der Waals surface area (Å²) in [5.74, 6) is 1.25. The summed E-state index contributed by atoms with van der Waals surface area (Å²) in [6.45, 7) is 3.49. The van der Waals surface area contributed by atoms with E-state index in [1.54, 1.807) is 23.9 Å². The number of pyridine rings is 1. The van der Waals surface area contributed by atoms with Gasteiger partial charge in [-0.15, -0.1) is 5.10 Å². The van der Waals surface area contributed by atoms with Crippen LogP contribution in [0.15, 0.2) is 18.5 Å². The molecule has 0 saturated heterocycles. The van der Waals surface area contributed by atoms with Crippen LogP contribution < -0.4 is 9.47 Å². The normalized spacial score (nSPS) is 13.7. The molecule has 0 radical (unpaired) electrons. The maximum Gasteiger partial charge on any atom is 0.320 e. The van der Waals surface area contributed by atoms with Gasteiger partial charge >= 0.3 is 12.0 Å². The number of hydrogen-bond acceptors (Lipinski definition) is 9. The first-order chi connectivity index (χ1) is 14.5. The Bertz CT molecular complexity index is 1060. The third-order valence-electron chi connectivity index (χ3n) is 5.08. The molecular weight excluding hydrogens is 386 g/mol. The maximum absolute atomic E-state index is 11.3. The Morgan fingerprint density at radius 2 is 2.07 bits per heavy atom. The summed E-state index contributed by atoms with van der Waals surface area (Å²) >= 11 is 0. The molecule has 30 heavy (non-hydrogen) atoms. The Kier molecular flexibility index (Phi) is 5.64. The molecule has 10 heteroatoms. The summed E-state index contributed by atoms with van der Waals surface area (Å²) in [5.41, 5.74) is 2.62. The van der Waals surface area contributed by atoms with Crippen LogP contribution in [0.4, 0.5) is 0 Å². The van der Waals surface area contributed by atoms with E-state index in [0.717, 1.165) is 24.4 Å². The van der Waals surface area contributed by atoms with Crippen LogP contribution in [0.1, 0.15) is 56.2 Å². The van der Waals surface area contributed by atoms with Gasteiger partial charge in [0.2, 0.25) is 0 Å². The third kappa shape index (κ3) is 4.12. The minimum atomic E-state index is -0.383. The van der Waals surface area contributed by atoms with Gasteiger partial charge in [-0.3, -0.25) is 4.79 Å². The van der Waals surface area contributed by atoms with Crippen LogP contribution in [-0.2, 0) is 24.9 Å². The molecule has 0 N–H and O–H groups in total. The first-order valence-corrected chi connectivity index (χ1v) is 9.94. The number of ether oxygens (including phenoxy) is 2. The molecule has 0 spiro atoms. The van der Waals surface area contributed by atoms with E-state index in [0.29, 0.717) is 35.2 Å². The number of aromatic nitrogens is 7. The number of carbonyl (C=O) groups excluding carboxylic acids is 1. The van der Waals surface area contributed by atoms with Gasteiger partial charge in [-0.2, -0.15) is 9.97 Å². The van der Waals surface area contributed by atoms with Crippen molar-refractivity contribution in [2.24, 2.45) is 7.05 Å². The Morgan fingerprint density at radius 1 is 1.23 bits per heavy atom. The van der Waals surface area contributed by atoms with Gasteiger partial charge in [0, 0.05) is 19.9 Å². The zero-order chi connectivity index (χ0) is 21.1. The second kappa shape index (κ2) is 8.52. The van der Waals surface area contributed by atoms with Gasteiger partial charge in [0.05, 0.1) is 11.4 Å². The Balaban J connectivity index is 1.55. The lowest BCUT2D eigenvalue weighted by Crippen LogP contribution is -2.14. The fourth-order valence-electron chi connectivity index (χ4n) is 3.22. The van der Waals surface area contributed by atoms with Crippen molar-refractivity contribution in [2.75, 3.05) is 0 Å². The molecule has 4 rings (SSSR count). The van der Waals surface area contributed by atoms with Crippen molar-refractivity contribution in [2.45, 2.75) is 52.1 Å². The third-order valence-corrected chi connectivity index (χ3v) is 5.08. The molecular formula is C20H23N7O3. The summed E-state index contributed by atoms with van der Waals surface area (Å²) < 4.78 is 12.7. The molecule has 1 fully saturated rings. The van der Waals surface area contributed by atoms with Gasteiger partial charge in [0.25, 0.3) is 0 Å². The van der Waals surface area contributed by atoms with E-state index in [4.69, 9.17) is 9.47 Å². The lowest BCUT2D eigenvalue weighted by Gasteiger charge is -2.23. The van der Waals surface area contributed by atoms with E-state index in [1.165, 1.54) is 19.7 Å². The van der Waals surface area contributed by atoms with Crippen molar-refractivity contribution in [3.8, 4) is 23.1 Å². The monoisotopic (exact) mass is 409 g/mol. The first-order valence-electron chi connectivity index (χ1n) is 9.94. The van der Waals surface area contributed by atoms with Crippen LogP contribution in [0.2, 0.25) is 0 Å². The second-order valence-corrected chi connectivity index (χ2v) is 7.14. The van der Waals surface area contributed by atoms with Crippen molar-refractivity contribution in [1.82, 2.24) is 34.9 Å². The molecule has 0 aromatic carbocycles. The Morgan fingerprint density at radius 3 is 2.77 bits per heavy atom. The number of rotatable bonds is 7. The SMILES string of the molecule is CCc1nc(-c2nnn(C)c2COc2ncnc(C3CCC3)n2)ccc1OC(C)=O. The average Bonchev–Trinajstić information content (AvgIpc) is 3.06. The van der Waals surface area contributed by atoms with Gasteiger partial charge in [-0.25, -0.2) is 14.6 Å². The molecule has 156 valence electrons. The second-order valence-electron chi connectivity index (χ2n) is 7.14. The van der Waals surface area contributed by atoms with E-state index < -0.39 is 0 Å². The molecule has 3 aromatic rings. The number of esters is 1. The van der Waals surface area contributed by atoms with E-state index in [-0.39, 0.29) is 18.6 Å². The van der Waals surface area contributed by atoms with E-state index in [9.17, 15) is 4.79 Å². The lowest BCUT2D eigenvalue weighted by molar-refractivity contribution is -0.131. The van der Waals surface area contributed by atoms with Crippen LogP contribution in [0.3, 0.4) is 0 Å². The molecule has 0 aliphatic heterocycles. The highest BCUT2D eigenvalue weighted by atomic mass is 16.5. The molecule has 1 saturated carbocycles. The molecule has 0 amide bonds. The van der Waals surface area contributed by atoms with Gasteiger partial charge in [0.1, 0.15) is 30.1 Å². The van der Waals surface area contributed by atoms with Crippen LogP contribution in [0.25, 0.3) is 11.4 Å². The number of carbonyl (C=O) groups is 1. The first kappa shape index (κ1) is 19.9. The zero-order valence-electron chi connectivity index (χ0n) is 17.2. The molecule has 1 aliphatic carbocycles. The predicted octanol–water partition coefficient (Wildman–Crippen LogP) is 2.40. The van der Waals surface area contributed by atoms with E-state index >= 15 is 0 Å². The number of nitrogens with zero attached hydrogens (tertiary/aromatic N) is 7. The highest BCUT2D eigenvalue weighted by Crippen LogP contribution is 2.34. The quantitative estimate of drug-likeness (QED) is 0.542. The Hall–Kier alpha value is -3.43. The van der Waals surface area contributed by atoms with Gasteiger partial charge in [0.15, 0.2) is 5.75 Å². The molecule has 3 aromatic heterocycles. The van der Waals surface area contributed by atoms with Gasteiger partial charge < -0.3 is 9.47 Å². The highest BCUT2D eigenvalue weighted by molar-refractivity contribution is 5.70. The van der Waals surface area contributed by atoms with E-state index in [1.807, 2.05) is 6.92 Å². The summed E-state index contributed by atoms with van der Waals surface area (Å²) in [4.78, 5) is 28.7. The highest BCUT2D eigenvalue weighted by Gasteiger charge is 2.23. The summed E-state index contributed by atoms with van der Waals surface area (Å²) in [6.07, 6.45) is 5.51. The summed E-state index contributed by atoms with van der Waals surface area (Å²) in [7, 11) is 1.79. The minimum absolute atomic E-state index is 0.182. The van der Waals surface area contributed by atoms with Crippen LogP contribution in [0, 0.1) is 0 Å². The lowest BCUT2D eigenvalue weighted by atomic mass is 9.85. The molecule has 10 nitrogen and oxygen atoms in total. The van der Waals surface area contributed by atoms with Crippen molar-refractivity contribution in [3.05, 3.63) is 35.7 Å². The van der Waals surface area contributed by atoms with Crippen molar-refractivity contribution in [1.29, 1.82) is 0 Å². The van der Waals surface area contributed by atoms with E-state index in [2.05, 4.69) is 30.2 Å². The predicted molar refractivity (Wildman–Crippen MR) is 106 cm³/mol. The van der Waals surface area contributed by atoms with Gasteiger partial charge in [-0.05, 0) is 31.4 Å². The molecule has 0 atom stereocenters. The molecule has 3 heterocycles. The fraction of sp³-hybridized carbons (Fsp3) is 0.450. The maximum atomic E-state index is 11.3. The average molecular weight is 409 g/mol. The van der Waals surface area contributed by atoms with Crippen molar-refractivity contribution >= 4 is 5.97 Å². The smallest absolute Gasteiger partial charge is 0.320 e. The van der Waals surface area contributed by atoms with Crippen LogP contribution >= 0.6 is 0 Å². The van der Waals surface area contributed by atoms with Crippen molar-refractivity contribution in [3.63, 3.8) is 0 Å². The van der Waals surface area contributed by atoms with Crippen molar-refractivity contribution < 1.29 is 14.3 Å². The summed E-state index contributed by atoms with van der Waals surface area (Å²) in [5, 5.41) is 8.35. The topological polar surface area (TPSA) is 118 Å².